The van der Waals surface area contributed by atoms with Gasteiger partial charge >= 0.3 is 11.9 Å². The molecule has 3 aliphatic rings. The second-order valence-corrected chi connectivity index (χ2v) is 6.25. The van der Waals surface area contributed by atoms with E-state index in [1.807, 2.05) is 19.1 Å². The van der Waals surface area contributed by atoms with Crippen molar-refractivity contribution in [2.24, 2.45) is 29.1 Å². The molecular weight excluding hydrogens is 248 g/mol. The van der Waals surface area contributed by atoms with Gasteiger partial charge < -0.3 is 14.6 Å². The second-order valence-electron chi connectivity index (χ2n) is 6.25. The average Bonchev–Trinajstić information content (AvgIpc) is 2.93. The fourth-order valence-corrected chi connectivity index (χ4v) is 3.36. The van der Waals surface area contributed by atoms with Crippen LogP contribution in [0.25, 0.3) is 0 Å². The van der Waals surface area contributed by atoms with Crippen molar-refractivity contribution in [2.45, 2.75) is 13.3 Å². The molecule has 1 aliphatic heterocycles. The smallest absolute Gasteiger partial charge is 0.310 e. The third-order valence-electron chi connectivity index (χ3n) is 4.48. The van der Waals surface area contributed by atoms with Gasteiger partial charge in [-0.1, -0.05) is 19.1 Å². The van der Waals surface area contributed by atoms with E-state index in [1.165, 1.54) is 0 Å². The summed E-state index contributed by atoms with van der Waals surface area (Å²) in [7, 11) is 0. The molecule has 0 aromatic rings. The lowest BCUT2D eigenvalue weighted by Gasteiger charge is -2.37. The van der Waals surface area contributed by atoms with Crippen LogP contribution >= 0.6 is 0 Å². The van der Waals surface area contributed by atoms with Gasteiger partial charge in [0.2, 0.25) is 0 Å². The summed E-state index contributed by atoms with van der Waals surface area (Å²) >= 11 is 0. The number of allylic oxidation sites excluding steroid dienone is 2. The first kappa shape index (κ1) is 12.7. The standard InChI is InChI=1S/C14H18O5/c1-14(5-18-6-14)7-19-13(17)11-9-3-2-8(4-9)10(11)12(15)16/h2-3,8-11H,4-7H2,1H3,(H,15,16). The number of carboxylic acid groups (broad SMARTS) is 1. The molecule has 3 rings (SSSR count). The number of ether oxygens (including phenoxy) is 2. The van der Waals surface area contributed by atoms with E-state index in [-0.39, 0.29) is 23.2 Å². The highest BCUT2D eigenvalue weighted by atomic mass is 16.5. The lowest BCUT2D eigenvalue weighted by molar-refractivity contribution is -0.173. The normalized spacial score (nSPS) is 37.9. The van der Waals surface area contributed by atoms with Crippen LogP contribution in [0.4, 0.5) is 0 Å². The van der Waals surface area contributed by atoms with Crippen molar-refractivity contribution < 1.29 is 24.2 Å². The summed E-state index contributed by atoms with van der Waals surface area (Å²) in [6, 6.07) is 0. The van der Waals surface area contributed by atoms with E-state index in [4.69, 9.17) is 9.47 Å². The quantitative estimate of drug-likeness (QED) is 0.609. The summed E-state index contributed by atoms with van der Waals surface area (Å²) in [5.41, 5.74) is -0.0954. The summed E-state index contributed by atoms with van der Waals surface area (Å²) in [4.78, 5) is 23.5. The molecule has 0 spiro atoms. The Morgan fingerprint density at radius 2 is 1.95 bits per heavy atom. The van der Waals surface area contributed by atoms with Gasteiger partial charge in [0.15, 0.2) is 0 Å². The molecule has 1 N–H and O–H groups in total. The SMILES string of the molecule is CC1(COC(=O)C2C3C=CC(C3)C2C(=O)O)COC1. The number of carbonyl (C=O) groups is 2. The second kappa shape index (κ2) is 4.34. The Balaban J connectivity index is 1.65. The van der Waals surface area contributed by atoms with Crippen molar-refractivity contribution in [3.05, 3.63) is 12.2 Å². The Hall–Kier alpha value is -1.36. The summed E-state index contributed by atoms with van der Waals surface area (Å²) in [6.07, 6.45) is 4.65. The number of carbonyl (C=O) groups excluding carboxylic acids is 1. The molecule has 0 radical (unpaired) electrons. The highest BCUT2D eigenvalue weighted by molar-refractivity contribution is 5.83. The van der Waals surface area contributed by atoms with E-state index in [0.29, 0.717) is 19.8 Å². The molecular formula is C14H18O5. The van der Waals surface area contributed by atoms with Crippen LogP contribution in [0.2, 0.25) is 0 Å². The van der Waals surface area contributed by atoms with Crippen LogP contribution in [0.1, 0.15) is 13.3 Å². The number of rotatable bonds is 4. The van der Waals surface area contributed by atoms with Crippen LogP contribution < -0.4 is 0 Å². The highest BCUT2D eigenvalue weighted by Gasteiger charge is 2.52. The van der Waals surface area contributed by atoms with Crippen molar-refractivity contribution in [3.63, 3.8) is 0 Å². The number of hydrogen-bond donors (Lipinski definition) is 1. The molecule has 19 heavy (non-hydrogen) atoms. The average molecular weight is 266 g/mol. The lowest BCUT2D eigenvalue weighted by Crippen LogP contribution is -2.45. The zero-order valence-corrected chi connectivity index (χ0v) is 10.9. The molecule has 0 aromatic heterocycles. The van der Waals surface area contributed by atoms with Gasteiger partial charge in [0.25, 0.3) is 0 Å². The van der Waals surface area contributed by atoms with Crippen molar-refractivity contribution in [3.8, 4) is 0 Å². The minimum absolute atomic E-state index is 0.0114. The topological polar surface area (TPSA) is 72.8 Å². The predicted molar refractivity (Wildman–Crippen MR) is 65.2 cm³/mol. The third-order valence-corrected chi connectivity index (χ3v) is 4.48. The van der Waals surface area contributed by atoms with Gasteiger partial charge in [-0.3, -0.25) is 9.59 Å². The molecule has 1 heterocycles. The fraction of sp³-hybridized carbons (Fsp3) is 0.714. The maximum absolute atomic E-state index is 12.2. The first-order valence-corrected chi connectivity index (χ1v) is 6.66. The lowest BCUT2D eigenvalue weighted by atomic mass is 9.83. The van der Waals surface area contributed by atoms with E-state index in [0.717, 1.165) is 6.42 Å². The van der Waals surface area contributed by atoms with Crippen LogP contribution in [0.3, 0.4) is 0 Å². The zero-order chi connectivity index (χ0) is 13.6. The molecule has 0 amide bonds. The van der Waals surface area contributed by atoms with Crippen LogP contribution in [0.5, 0.6) is 0 Å². The van der Waals surface area contributed by atoms with Gasteiger partial charge in [0.1, 0.15) is 6.61 Å². The van der Waals surface area contributed by atoms with Crippen LogP contribution in [0.15, 0.2) is 12.2 Å². The van der Waals surface area contributed by atoms with Crippen molar-refractivity contribution >= 4 is 11.9 Å². The molecule has 104 valence electrons. The largest absolute Gasteiger partial charge is 0.481 e. The molecule has 1 saturated carbocycles. The molecule has 5 nitrogen and oxygen atoms in total. The van der Waals surface area contributed by atoms with Crippen molar-refractivity contribution in [1.82, 2.24) is 0 Å². The first-order chi connectivity index (χ1) is 9.00. The Kier molecular flexibility index (Phi) is 2.89. The van der Waals surface area contributed by atoms with Gasteiger partial charge in [0, 0.05) is 5.41 Å². The van der Waals surface area contributed by atoms with Crippen LogP contribution in [-0.4, -0.2) is 36.9 Å². The zero-order valence-electron chi connectivity index (χ0n) is 10.9. The van der Waals surface area contributed by atoms with Crippen LogP contribution in [-0.2, 0) is 19.1 Å². The number of hydrogen-bond acceptors (Lipinski definition) is 4. The van der Waals surface area contributed by atoms with Gasteiger partial charge in [-0.15, -0.1) is 0 Å². The molecule has 0 aromatic carbocycles. The molecule has 4 atom stereocenters. The first-order valence-electron chi connectivity index (χ1n) is 6.66. The van der Waals surface area contributed by atoms with Gasteiger partial charge in [-0.2, -0.15) is 0 Å². The minimum Gasteiger partial charge on any atom is -0.481 e. The van der Waals surface area contributed by atoms with E-state index in [1.54, 1.807) is 0 Å². The predicted octanol–water partition coefficient (Wildman–Crippen LogP) is 1.09. The molecule has 2 fully saturated rings. The monoisotopic (exact) mass is 266 g/mol. The summed E-state index contributed by atoms with van der Waals surface area (Å²) < 4.78 is 10.5. The summed E-state index contributed by atoms with van der Waals surface area (Å²) in [5, 5.41) is 9.28. The van der Waals surface area contributed by atoms with Crippen LogP contribution in [0, 0.1) is 29.1 Å². The molecule has 2 aliphatic carbocycles. The van der Waals surface area contributed by atoms with Crippen molar-refractivity contribution in [2.75, 3.05) is 19.8 Å². The molecule has 5 heteroatoms. The molecule has 1 saturated heterocycles. The Bertz CT molecular complexity index is 437. The van der Waals surface area contributed by atoms with Gasteiger partial charge in [-0.25, -0.2) is 0 Å². The summed E-state index contributed by atoms with van der Waals surface area (Å²) in [6.45, 7) is 3.51. The maximum atomic E-state index is 12.2. The number of fused-ring (bicyclic) bond motifs is 2. The third kappa shape index (κ3) is 2.06. The van der Waals surface area contributed by atoms with Gasteiger partial charge in [0.05, 0.1) is 25.0 Å². The highest BCUT2D eigenvalue weighted by Crippen LogP contribution is 2.48. The summed E-state index contributed by atoms with van der Waals surface area (Å²) in [5.74, 6) is -2.37. The van der Waals surface area contributed by atoms with Gasteiger partial charge in [-0.05, 0) is 18.3 Å². The van der Waals surface area contributed by atoms with E-state index in [2.05, 4.69) is 0 Å². The Labute approximate surface area is 111 Å². The van der Waals surface area contributed by atoms with E-state index < -0.39 is 17.8 Å². The fourth-order valence-electron chi connectivity index (χ4n) is 3.36. The molecule has 4 unspecified atom stereocenters. The minimum atomic E-state index is -0.892. The maximum Gasteiger partial charge on any atom is 0.310 e. The van der Waals surface area contributed by atoms with E-state index in [9.17, 15) is 14.7 Å². The Morgan fingerprint density at radius 3 is 2.47 bits per heavy atom. The Morgan fingerprint density at radius 1 is 1.32 bits per heavy atom. The van der Waals surface area contributed by atoms with Crippen molar-refractivity contribution in [1.29, 1.82) is 0 Å². The number of carboxylic acids is 1. The molecule has 2 bridgehead atoms. The number of aliphatic carboxylic acids is 1. The van der Waals surface area contributed by atoms with E-state index >= 15 is 0 Å². The number of esters is 1.